The molecule has 0 fully saturated rings. The number of aryl methyl sites for hydroxylation is 2. The largest absolute Gasteiger partial charge is 0.262 e. The summed E-state index contributed by atoms with van der Waals surface area (Å²) in [5, 5.41) is 10.2. The first-order valence-corrected chi connectivity index (χ1v) is 10.9. The lowest BCUT2D eigenvalue weighted by Crippen LogP contribution is -2.28. The zero-order valence-electron chi connectivity index (χ0n) is 16.9. The van der Waals surface area contributed by atoms with E-state index in [4.69, 9.17) is 9.97 Å². The van der Waals surface area contributed by atoms with Crippen molar-refractivity contribution in [1.29, 1.82) is 0 Å². The van der Waals surface area contributed by atoms with Crippen LogP contribution >= 0.6 is 11.3 Å². The molecular formula is C21H26N6S. The fraction of sp³-hybridized carbons (Fsp3) is 0.524. The lowest BCUT2D eigenvalue weighted by molar-refractivity contribution is 0.184. The molecule has 6 nitrogen and oxygen atoms in total. The molecule has 0 bridgehead atoms. The molecule has 146 valence electrons. The Kier molecular flexibility index (Phi) is 4.05. The molecule has 28 heavy (non-hydrogen) atoms. The Bertz CT molecular complexity index is 1160. The Morgan fingerprint density at radius 1 is 1.32 bits per heavy atom. The zero-order valence-corrected chi connectivity index (χ0v) is 17.8. The summed E-state index contributed by atoms with van der Waals surface area (Å²) in [6, 6.07) is 2.00. The molecule has 0 N–H and O–H groups in total. The van der Waals surface area contributed by atoms with E-state index < -0.39 is 0 Å². The molecule has 1 atom stereocenters. The summed E-state index contributed by atoms with van der Waals surface area (Å²) in [6.45, 7) is 9.76. The van der Waals surface area contributed by atoms with Gasteiger partial charge in [0.2, 0.25) is 0 Å². The third kappa shape index (κ3) is 2.75. The van der Waals surface area contributed by atoms with Crippen LogP contribution in [-0.4, -0.2) is 29.4 Å². The van der Waals surface area contributed by atoms with E-state index in [1.165, 1.54) is 28.7 Å². The predicted molar refractivity (Wildman–Crippen MR) is 112 cm³/mol. The van der Waals surface area contributed by atoms with E-state index in [2.05, 4.69) is 31.0 Å². The summed E-state index contributed by atoms with van der Waals surface area (Å²) < 4.78 is 3.77. The number of aromatic nitrogens is 6. The smallest absolute Gasteiger partial charge is 0.173 e. The van der Waals surface area contributed by atoms with Gasteiger partial charge < -0.3 is 0 Å². The first-order chi connectivity index (χ1) is 13.5. The van der Waals surface area contributed by atoms with Crippen LogP contribution in [0.3, 0.4) is 0 Å². The van der Waals surface area contributed by atoms with E-state index in [0.717, 1.165) is 40.8 Å². The standard InChI is InChI=1S/C21H26N6S/c1-5-21(3,4)14-6-7-15-16(10-14)28-20-18(15)19-24-17(25-27(19)12-22-20)11-26-13(2)8-9-23-26/h8-9,12,14H,5-7,10-11H2,1-4H3. The lowest BCUT2D eigenvalue weighted by atomic mass is 9.70. The van der Waals surface area contributed by atoms with Gasteiger partial charge in [-0.2, -0.15) is 5.10 Å². The molecule has 4 aromatic heterocycles. The second-order valence-corrected chi connectivity index (χ2v) is 9.72. The summed E-state index contributed by atoms with van der Waals surface area (Å²) in [5.74, 6) is 1.52. The number of thiophene rings is 1. The summed E-state index contributed by atoms with van der Waals surface area (Å²) >= 11 is 1.85. The van der Waals surface area contributed by atoms with Gasteiger partial charge in [0.25, 0.3) is 0 Å². The van der Waals surface area contributed by atoms with Gasteiger partial charge in [-0.1, -0.05) is 27.2 Å². The Hall–Kier alpha value is -2.28. The Morgan fingerprint density at radius 3 is 2.93 bits per heavy atom. The van der Waals surface area contributed by atoms with Crippen molar-refractivity contribution in [1.82, 2.24) is 29.4 Å². The maximum Gasteiger partial charge on any atom is 0.173 e. The van der Waals surface area contributed by atoms with Gasteiger partial charge >= 0.3 is 0 Å². The molecule has 7 heteroatoms. The van der Waals surface area contributed by atoms with Gasteiger partial charge in [-0.25, -0.2) is 14.5 Å². The van der Waals surface area contributed by atoms with Gasteiger partial charge in [-0.05, 0) is 49.1 Å². The monoisotopic (exact) mass is 394 g/mol. The highest BCUT2D eigenvalue weighted by atomic mass is 32.1. The molecule has 0 radical (unpaired) electrons. The maximum absolute atomic E-state index is 4.88. The van der Waals surface area contributed by atoms with Crippen molar-refractivity contribution < 1.29 is 0 Å². The first-order valence-electron chi connectivity index (χ1n) is 10.1. The lowest BCUT2D eigenvalue weighted by Gasteiger charge is -2.36. The highest BCUT2D eigenvalue weighted by Gasteiger charge is 2.33. The van der Waals surface area contributed by atoms with Gasteiger partial charge in [0.05, 0.1) is 5.39 Å². The molecule has 0 aromatic carbocycles. The molecular weight excluding hydrogens is 368 g/mol. The zero-order chi connectivity index (χ0) is 19.5. The normalized spacial score (nSPS) is 17.5. The minimum atomic E-state index is 0.389. The van der Waals surface area contributed by atoms with Crippen molar-refractivity contribution >= 4 is 27.2 Å². The third-order valence-corrected chi connectivity index (χ3v) is 7.83. The third-order valence-electron chi connectivity index (χ3n) is 6.67. The van der Waals surface area contributed by atoms with Crippen LogP contribution in [0, 0.1) is 18.3 Å². The van der Waals surface area contributed by atoms with E-state index in [-0.39, 0.29) is 0 Å². The van der Waals surface area contributed by atoms with Crippen LogP contribution < -0.4 is 0 Å². The van der Waals surface area contributed by atoms with Gasteiger partial charge in [0.15, 0.2) is 11.5 Å². The average Bonchev–Trinajstić information content (AvgIpc) is 3.37. The molecule has 1 unspecified atom stereocenters. The first kappa shape index (κ1) is 17.8. The average molecular weight is 395 g/mol. The molecule has 5 rings (SSSR count). The Labute approximate surface area is 168 Å². The van der Waals surface area contributed by atoms with E-state index in [1.807, 2.05) is 39.7 Å². The van der Waals surface area contributed by atoms with Crippen molar-refractivity contribution in [3.8, 4) is 0 Å². The molecule has 0 spiro atoms. The summed E-state index contributed by atoms with van der Waals surface area (Å²) in [5.41, 5.74) is 3.89. The van der Waals surface area contributed by atoms with E-state index in [9.17, 15) is 0 Å². The number of rotatable bonds is 4. The molecule has 0 saturated carbocycles. The number of hydrogen-bond acceptors (Lipinski definition) is 5. The van der Waals surface area contributed by atoms with Crippen LogP contribution in [0.25, 0.3) is 15.9 Å². The Balaban J connectivity index is 1.57. The maximum atomic E-state index is 4.88. The fourth-order valence-corrected chi connectivity index (χ4v) is 5.60. The van der Waals surface area contributed by atoms with E-state index in [0.29, 0.717) is 12.0 Å². The predicted octanol–water partition coefficient (Wildman–Crippen LogP) is 4.43. The van der Waals surface area contributed by atoms with E-state index >= 15 is 0 Å². The molecule has 0 amide bonds. The molecule has 4 aromatic rings. The minimum absolute atomic E-state index is 0.389. The topological polar surface area (TPSA) is 60.9 Å². The molecule has 1 aliphatic rings. The quantitative estimate of drug-likeness (QED) is 0.514. The molecule has 0 saturated heterocycles. The van der Waals surface area contributed by atoms with Gasteiger partial charge in [0, 0.05) is 16.8 Å². The molecule has 0 aliphatic heterocycles. The second kappa shape index (κ2) is 6.37. The minimum Gasteiger partial charge on any atom is -0.262 e. The van der Waals surface area contributed by atoms with Crippen LogP contribution in [0.4, 0.5) is 0 Å². The highest BCUT2D eigenvalue weighted by Crippen LogP contribution is 2.44. The molecule has 1 aliphatic carbocycles. The second-order valence-electron chi connectivity index (χ2n) is 8.64. The van der Waals surface area contributed by atoms with Crippen molar-refractivity contribution in [2.24, 2.45) is 11.3 Å². The SMILES string of the molecule is CCC(C)(C)C1CCc2c(sc3ncn4nc(Cn5nccc5C)nc4c23)C1. The van der Waals surface area contributed by atoms with Crippen molar-refractivity contribution in [3.05, 3.63) is 40.5 Å². The highest BCUT2D eigenvalue weighted by molar-refractivity contribution is 7.19. The van der Waals surface area contributed by atoms with E-state index in [1.54, 1.807) is 6.33 Å². The van der Waals surface area contributed by atoms with Crippen LogP contribution in [-0.2, 0) is 19.4 Å². The number of fused-ring (bicyclic) bond motifs is 5. The van der Waals surface area contributed by atoms with Crippen LogP contribution in [0.2, 0.25) is 0 Å². The van der Waals surface area contributed by atoms with Crippen LogP contribution in [0.1, 0.15) is 55.6 Å². The van der Waals surface area contributed by atoms with Crippen molar-refractivity contribution in [2.75, 3.05) is 0 Å². The van der Waals surface area contributed by atoms with Crippen LogP contribution in [0.5, 0.6) is 0 Å². The van der Waals surface area contributed by atoms with Gasteiger partial charge in [0.1, 0.15) is 17.7 Å². The van der Waals surface area contributed by atoms with Gasteiger partial charge in [-0.15, -0.1) is 16.4 Å². The summed E-state index contributed by atoms with van der Waals surface area (Å²) in [7, 11) is 0. The van der Waals surface area contributed by atoms with Crippen LogP contribution in [0.15, 0.2) is 18.6 Å². The molecule has 4 heterocycles. The Morgan fingerprint density at radius 2 is 2.18 bits per heavy atom. The van der Waals surface area contributed by atoms with Crippen molar-refractivity contribution in [3.63, 3.8) is 0 Å². The van der Waals surface area contributed by atoms with Gasteiger partial charge in [-0.3, -0.25) is 4.68 Å². The summed E-state index contributed by atoms with van der Waals surface area (Å²) in [6.07, 6.45) is 8.37. The van der Waals surface area contributed by atoms with Crippen molar-refractivity contribution in [2.45, 2.75) is 59.9 Å². The number of nitrogens with zero attached hydrogens (tertiary/aromatic N) is 6. The number of hydrogen-bond donors (Lipinski definition) is 0. The summed E-state index contributed by atoms with van der Waals surface area (Å²) in [4.78, 5) is 12.2. The fourth-order valence-electron chi connectivity index (χ4n) is 4.34.